The Balaban J connectivity index is 1.94. The van der Waals surface area contributed by atoms with E-state index in [1.165, 1.54) is 36.4 Å². The molecule has 4 N–H and O–H groups in total. The number of carboxylic acids is 3. The number of carbonyl (C=O) groups excluding carboxylic acids is 1. The zero-order valence-electron chi connectivity index (χ0n) is 15.8. The normalized spacial score (nSPS) is 11.6. The minimum absolute atomic E-state index is 0.0276. The molecule has 158 valence electrons. The maximum Gasteiger partial charge on any atom is 0.338 e. The van der Waals surface area contributed by atoms with Crippen molar-refractivity contribution in [2.75, 3.05) is 6.61 Å². The summed E-state index contributed by atoms with van der Waals surface area (Å²) < 4.78 is 5.05. The largest absolute Gasteiger partial charge is 0.478 e. The summed E-state index contributed by atoms with van der Waals surface area (Å²) in [4.78, 5) is 46.5. The van der Waals surface area contributed by atoms with Gasteiger partial charge in [-0.05, 0) is 41.1 Å². The van der Waals surface area contributed by atoms with E-state index in [2.05, 4.69) is 0 Å². The lowest BCUT2D eigenvalue weighted by molar-refractivity contribution is 0.0252. The van der Waals surface area contributed by atoms with E-state index >= 15 is 0 Å². The molecule has 0 saturated heterocycles. The van der Waals surface area contributed by atoms with E-state index in [-0.39, 0.29) is 16.7 Å². The molecule has 9 heteroatoms. The first-order chi connectivity index (χ1) is 14.7. The molecule has 0 aliphatic rings. The van der Waals surface area contributed by atoms with Crippen molar-refractivity contribution in [1.82, 2.24) is 0 Å². The predicted molar refractivity (Wildman–Crippen MR) is 107 cm³/mol. The molecule has 1 unspecified atom stereocenters. The summed E-state index contributed by atoms with van der Waals surface area (Å²) in [6.07, 6.45) is -1.63. The van der Waals surface area contributed by atoms with Crippen LogP contribution in [0.15, 0.2) is 54.6 Å². The molecule has 0 aromatic heterocycles. The molecule has 0 saturated carbocycles. The summed E-state index contributed by atoms with van der Waals surface area (Å²) in [6, 6.07) is 12.4. The van der Waals surface area contributed by atoms with Crippen LogP contribution in [-0.2, 0) is 4.74 Å². The SMILES string of the molecule is O=C(O)c1ccc(C(=O)OCC(O)c2c(C(=O)O)c(C(=O)O)cc3ccccc23)cc1. The highest BCUT2D eigenvalue weighted by molar-refractivity contribution is 6.08. The van der Waals surface area contributed by atoms with E-state index in [4.69, 9.17) is 9.84 Å². The van der Waals surface area contributed by atoms with Gasteiger partial charge in [0.05, 0.1) is 22.3 Å². The van der Waals surface area contributed by atoms with Gasteiger partial charge in [-0.3, -0.25) is 0 Å². The van der Waals surface area contributed by atoms with Gasteiger partial charge in [0.2, 0.25) is 0 Å². The minimum Gasteiger partial charge on any atom is -0.478 e. The van der Waals surface area contributed by atoms with Crippen LogP contribution in [0.3, 0.4) is 0 Å². The third-order valence-corrected chi connectivity index (χ3v) is 4.61. The molecule has 1 atom stereocenters. The average molecular weight is 424 g/mol. The van der Waals surface area contributed by atoms with Gasteiger partial charge in [-0.2, -0.15) is 0 Å². The Labute approximate surface area is 174 Å². The minimum atomic E-state index is -1.63. The van der Waals surface area contributed by atoms with Gasteiger partial charge in [-0.15, -0.1) is 0 Å². The second-order valence-corrected chi connectivity index (χ2v) is 6.54. The van der Waals surface area contributed by atoms with Gasteiger partial charge in [0.1, 0.15) is 12.7 Å². The van der Waals surface area contributed by atoms with Gasteiger partial charge in [-0.1, -0.05) is 24.3 Å². The van der Waals surface area contributed by atoms with Gasteiger partial charge in [0.25, 0.3) is 0 Å². The summed E-state index contributed by atoms with van der Waals surface area (Å²) in [5.41, 5.74) is -1.28. The molecular formula is C22H16O9. The fourth-order valence-corrected chi connectivity index (χ4v) is 3.19. The van der Waals surface area contributed by atoms with Crippen molar-refractivity contribution >= 4 is 34.6 Å². The Morgan fingerprint density at radius 2 is 1.42 bits per heavy atom. The predicted octanol–water partition coefficient (Wildman–Crippen LogP) is 2.82. The van der Waals surface area contributed by atoms with Crippen LogP contribution in [0.2, 0.25) is 0 Å². The Morgan fingerprint density at radius 1 is 0.806 bits per heavy atom. The molecule has 0 heterocycles. The van der Waals surface area contributed by atoms with Gasteiger partial charge in [-0.25, -0.2) is 19.2 Å². The number of rotatable bonds is 7. The number of aromatic carboxylic acids is 3. The summed E-state index contributed by atoms with van der Waals surface area (Å²) >= 11 is 0. The van der Waals surface area contributed by atoms with Crippen molar-refractivity contribution in [2.45, 2.75) is 6.10 Å². The number of aliphatic hydroxyl groups is 1. The van der Waals surface area contributed by atoms with Gasteiger partial charge in [0.15, 0.2) is 0 Å². The fourth-order valence-electron chi connectivity index (χ4n) is 3.19. The van der Waals surface area contributed by atoms with Crippen LogP contribution < -0.4 is 0 Å². The number of hydrogen-bond acceptors (Lipinski definition) is 6. The molecule has 0 amide bonds. The third kappa shape index (κ3) is 4.36. The van der Waals surface area contributed by atoms with Crippen molar-refractivity contribution in [3.8, 4) is 0 Å². The molecule has 0 fully saturated rings. The molecule has 0 aliphatic heterocycles. The van der Waals surface area contributed by atoms with Crippen LogP contribution in [0.4, 0.5) is 0 Å². The van der Waals surface area contributed by atoms with Crippen molar-refractivity contribution in [2.24, 2.45) is 0 Å². The van der Waals surface area contributed by atoms with Crippen LogP contribution in [0.1, 0.15) is 53.1 Å². The molecule has 9 nitrogen and oxygen atoms in total. The second kappa shape index (κ2) is 8.64. The number of fused-ring (bicyclic) bond motifs is 1. The Kier molecular flexibility index (Phi) is 5.98. The number of carboxylic acid groups (broad SMARTS) is 3. The highest BCUT2D eigenvalue weighted by Gasteiger charge is 2.27. The smallest absolute Gasteiger partial charge is 0.338 e. The van der Waals surface area contributed by atoms with Gasteiger partial charge < -0.3 is 25.2 Å². The van der Waals surface area contributed by atoms with Crippen molar-refractivity contribution in [3.63, 3.8) is 0 Å². The van der Waals surface area contributed by atoms with Crippen LogP contribution >= 0.6 is 0 Å². The summed E-state index contributed by atoms with van der Waals surface area (Å²) in [6.45, 7) is -0.646. The highest BCUT2D eigenvalue weighted by Crippen LogP contribution is 2.31. The molecule has 31 heavy (non-hydrogen) atoms. The Bertz CT molecular complexity index is 1200. The van der Waals surface area contributed by atoms with Crippen molar-refractivity contribution in [3.05, 3.63) is 82.4 Å². The summed E-state index contributed by atoms with van der Waals surface area (Å²) in [7, 11) is 0. The van der Waals surface area contributed by atoms with E-state index < -0.39 is 47.7 Å². The topological polar surface area (TPSA) is 158 Å². The van der Waals surface area contributed by atoms with Crippen LogP contribution in [0.25, 0.3) is 10.8 Å². The van der Waals surface area contributed by atoms with Crippen LogP contribution in [0, 0.1) is 0 Å². The molecule has 3 aromatic carbocycles. The lowest BCUT2D eigenvalue weighted by Gasteiger charge is -2.18. The first-order valence-electron chi connectivity index (χ1n) is 8.91. The van der Waals surface area contributed by atoms with Crippen molar-refractivity contribution in [1.29, 1.82) is 0 Å². The number of hydrogen-bond donors (Lipinski definition) is 4. The quantitative estimate of drug-likeness (QED) is 0.418. The lowest BCUT2D eigenvalue weighted by Crippen LogP contribution is -2.19. The zero-order valence-corrected chi connectivity index (χ0v) is 15.8. The van der Waals surface area contributed by atoms with Crippen LogP contribution in [-0.4, -0.2) is 50.9 Å². The monoisotopic (exact) mass is 424 g/mol. The lowest BCUT2D eigenvalue weighted by atomic mass is 9.91. The first kappa shape index (κ1) is 21.5. The highest BCUT2D eigenvalue weighted by atomic mass is 16.5. The third-order valence-electron chi connectivity index (χ3n) is 4.61. The summed E-state index contributed by atoms with van der Waals surface area (Å²) in [5.74, 6) is -5.06. The molecular weight excluding hydrogens is 408 g/mol. The standard InChI is InChI=1S/C22H16O9/c23-16(10-31-22(30)12-7-5-11(6-8-12)19(24)25)17-14-4-2-1-3-13(14)9-15(20(26)27)18(17)21(28)29/h1-9,16,23H,10H2,(H,24,25)(H,26,27)(H,28,29). The van der Waals surface area contributed by atoms with E-state index in [0.717, 1.165) is 0 Å². The van der Waals surface area contributed by atoms with E-state index in [9.17, 15) is 34.5 Å². The van der Waals surface area contributed by atoms with Gasteiger partial charge in [0, 0.05) is 5.56 Å². The average Bonchev–Trinajstić information content (AvgIpc) is 2.75. The molecule has 3 rings (SSSR count). The fraction of sp³-hybridized carbons (Fsp3) is 0.0909. The Hall–Kier alpha value is -4.24. The molecule has 0 aliphatic carbocycles. The molecule has 0 spiro atoms. The number of carbonyl (C=O) groups is 4. The second-order valence-electron chi connectivity index (χ2n) is 6.54. The number of aliphatic hydroxyl groups excluding tert-OH is 1. The molecule has 3 aromatic rings. The van der Waals surface area contributed by atoms with Crippen LogP contribution in [0.5, 0.6) is 0 Å². The summed E-state index contributed by atoms with van der Waals surface area (Å²) in [5, 5.41) is 39.3. The maximum atomic E-state index is 12.2. The molecule has 0 bridgehead atoms. The first-order valence-corrected chi connectivity index (χ1v) is 8.91. The number of ether oxygens (including phenoxy) is 1. The number of benzene rings is 3. The van der Waals surface area contributed by atoms with Gasteiger partial charge >= 0.3 is 23.9 Å². The maximum absolute atomic E-state index is 12.2. The number of esters is 1. The zero-order chi connectivity index (χ0) is 22.7. The van der Waals surface area contributed by atoms with E-state index in [1.54, 1.807) is 18.2 Å². The Morgan fingerprint density at radius 3 is 2.00 bits per heavy atom. The van der Waals surface area contributed by atoms with Crippen molar-refractivity contribution < 1.29 is 44.3 Å². The van der Waals surface area contributed by atoms with E-state index in [0.29, 0.717) is 10.8 Å². The molecule has 0 radical (unpaired) electrons. The van der Waals surface area contributed by atoms with E-state index in [1.807, 2.05) is 0 Å².